The molecule has 0 saturated heterocycles. The Bertz CT molecular complexity index is 132. The maximum atomic E-state index is 5.74. The highest BCUT2D eigenvalue weighted by molar-refractivity contribution is 4.91. The fourth-order valence-corrected chi connectivity index (χ4v) is 2.46. The Hall–Kier alpha value is -0.0400. The highest BCUT2D eigenvalue weighted by Crippen LogP contribution is 2.50. The lowest BCUT2D eigenvalue weighted by atomic mass is 9.70. The van der Waals surface area contributed by atoms with Crippen LogP contribution in [0.2, 0.25) is 0 Å². The Morgan fingerprint density at radius 1 is 1.27 bits per heavy atom. The molecule has 1 heteroatoms. The molecule has 0 spiro atoms. The molecule has 2 aliphatic rings. The maximum Gasteiger partial charge on any atom is 0.00131 e. The first kappa shape index (κ1) is 7.60. The number of rotatable bonds is 3. The summed E-state index contributed by atoms with van der Waals surface area (Å²) in [5, 5.41) is 0. The molecule has 1 unspecified atom stereocenters. The van der Waals surface area contributed by atoms with Gasteiger partial charge in [0.1, 0.15) is 0 Å². The summed E-state index contributed by atoms with van der Waals surface area (Å²) in [6.07, 6.45) is 7.30. The van der Waals surface area contributed by atoms with Gasteiger partial charge in [0.25, 0.3) is 0 Å². The maximum absolute atomic E-state index is 5.74. The Morgan fingerprint density at radius 2 is 1.91 bits per heavy atom. The van der Waals surface area contributed by atoms with E-state index < -0.39 is 0 Å². The van der Waals surface area contributed by atoms with E-state index >= 15 is 0 Å². The first-order chi connectivity index (χ1) is 5.25. The Balaban J connectivity index is 1.63. The summed E-state index contributed by atoms with van der Waals surface area (Å²) < 4.78 is 0. The van der Waals surface area contributed by atoms with Crippen LogP contribution in [0.5, 0.6) is 0 Å². The summed E-state index contributed by atoms with van der Waals surface area (Å²) >= 11 is 0. The zero-order valence-electron chi connectivity index (χ0n) is 7.42. The minimum atomic E-state index is 0.431. The molecule has 0 heterocycles. The molecule has 0 aromatic heterocycles. The van der Waals surface area contributed by atoms with E-state index in [0.29, 0.717) is 6.04 Å². The van der Waals surface area contributed by atoms with E-state index in [-0.39, 0.29) is 0 Å². The van der Waals surface area contributed by atoms with Crippen LogP contribution in [0.1, 0.15) is 39.0 Å². The number of hydrogen-bond donors (Lipinski definition) is 1. The van der Waals surface area contributed by atoms with E-state index in [1.165, 1.54) is 32.1 Å². The molecule has 0 amide bonds. The van der Waals surface area contributed by atoms with Crippen molar-refractivity contribution in [3.05, 3.63) is 0 Å². The van der Waals surface area contributed by atoms with Crippen LogP contribution in [0.25, 0.3) is 0 Å². The van der Waals surface area contributed by atoms with Crippen molar-refractivity contribution in [3.8, 4) is 0 Å². The monoisotopic (exact) mass is 153 g/mol. The molecular formula is C10H19N. The lowest BCUT2D eigenvalue weighted by molar-refractivity contribution is 0.152. The van der Waals surface area contributed by atoms with E-state index in [2.05, 4.69) is 6.92 Å². The second-order valence-electron chi connectivity index (χ2n) is 4.65. The molecule has 0 bridgehead atoms. The number of hydrogen-bond acceptors (Lipinski definition) is 1. The smallest absolute Gasteiger partial charge is 0.00131 e. The third-order valence-electron chi connectivity index (χ3n) is 3.27. The van der Waals surface area contributed by atoms with Crippen molar-refractivity contribution in [2.45, 2.75) is 45.1 Å². The van der Waals surface area contributed by atoms with Crippen LogP contribution in [-0.2, 0) is 0 Å². The summed E-state index contributed by atoms with van der Waals surface area (Å²) in [4.78, 5) is 0. The second kappa shape index (κ2) is 2.78. The second-order valence-corrected chi connectivity index (χ2v) is 4.65. The van der Waals surface area contributed by atoms with E-state index in [4.69, 9.17) is 5.73 Å². The molecule has 11 heavy (non-hydrogen) atoms. The summed E-state index contributed by atoms with van der Waals surface area (Å²) in [6.45, 7) is 2.13. The fraction of sp³-hybridized carbons (Fsp3) is 1.00. The summed E-state index contributed by atoms with van der Waals surface area (Å²) in [5.41, 5.74) is 5.74. The van der Waals surface area contributed by atoms with Gasteiger partial charge in [-0.2, -0.15) is 0 Å². The van der Waals surface area contributed by atoms with Gasteiger partial charge >= 0.3 is 0 Å². The van der Waals surface area contributed by atoms with Crippen molar-refractivity contribution in [3.63, 3.8) is 0 Å². The number of nitrogens with two attached hydrogens (primary N) is 1. The van der Waals surface area contributed by atoms with Crippen molar-refractivity contribution in [1.82, 2.24) is 0 Å². The Kier molecular flexibility index (Phi) is 1.92. The summed E-state index contributed by atoms with van der Waals surface area (Å²) in [5.74, 6) is 3.23. The summed E-state index contributed by atoms with van der Waals surface area (Å²) in [7, 11) is 0. The van der Waals surface area contributed by atoms with E-state index in [9.17, 15) is 0 Å². The van der Waals surface area contributed by atoms with Gasteiger partial charge < -0.3 is 5.73 Å². The Labute approximate surface area is 69.4 Å². The van der Waals surface area contributed by atoms with Crippen LogP contribution in [0.4, 0.5) is 0 Å². The minimum absolute atomic E-state index is 0.431. The standard InChI is InChI=1S/C10H19N/c1-7(11)4-8-5-10(6-8)9-2-3-9/h7-10H,2-6,11H2,1H3. The molecule has 2 saturated carbocycles. The quantitative estimate of drug-likeness (QED) is 0.660. The summed E-state index contributed by atoms with van der Waals surface area (Å²) in [6, 6.07) is 0.431. The molecule has 2 N–H and O–H groups in total. The first-order valence-corrected chi connectivity index (χ1v) is 5.01. The van der Waals surface area contributed by atoms with Crippen molar-refractivity contribution < 1.29 is 0 Å². The average Bonchev–Trinajstić information content (AvgIpc) is 2.58. The third-order valence-corrected chi connectivity index (χ3v) is 3.27. The first-order valence-electron chi connectivity index (χ1n) is 5.01. The van der Waals surface area contributed by atoms with Crippen molar-refractivity contribution in [2.75, 3.05) is 0 Å². The normalized spacial score (nSPS) is 39.8. The third kappa shape index (κ3) is 1.76. The largest absolute Gasteiger partial charge is 0.328 e. The van der Waals surface area contributed by atoms with Crippen LogP contribution >= 0.6 is 0 Å². The molecule has 0 aromatic carbocycles. The van der Waals surface area contributed by atoms with Crippen LogP contribution in [-0.4, -0.2) is 6.04 Å². The average molecular weight is 153 g/mol. The highest BCUT2D eigenvalue weighted by Gasteiger charge is 2.39. The van der Waals surface area contributed by atoms with E-state index in [0.717, 1.165) is 17.8 Å². The molecule has 0 aliphatic heterocycles. The molecule has 1 nitrogen and oxygen atoms in total. The van der Waals surface area contributed by atoms with Gasteiger partial charge in [0.15, 0.2) is 0 Å². The van der Waals surface area contributed by atoms with Crippen molar-refractivity contribution >= 4 is 0 Å². The molecule has 2 fully saturated rings. The molecule has 1 atom stereocenters. The van der Waals surface area contributed by atoms with Crippen molar-refractivity contribution in [2.24, 2.45) is 23.5 Å². The van der Waals surface area contributed by atoms with Crippen LogP contribution < -0.4 is 5.73 Å². The topological polar surface area (TPSA) is 26.0 Å². The van der Waals surface area contributed by atoms with Crippen LogP contribution in [0.15, 0.2) is 0 Å². The zero-order chi connectivity index (χ0) is 7.84. The molecule has 2 rings (SSSR count). The highest BCUT2D eigenvalue weighted by atomic mass is 14.6. The fourth-order valence-electron chi connectivity index (χ4n) is 2.46. The van der Waals surface area contributed by atoms with Crippen molar-refractivity contribution in [1.29, 1.82) is 0 Å². The molecule has 2 aliphatic carbocycles. The van der Waals surface area contributed by atoms with Gasteiger partial charge in [0.2, 0.25) is 0 Å². The van der Waals surface area contributed by atoms with E-state index in [1.54, 1.807) is 0 Å². The Morgan fingerprint density at radius 3 is 2.36 bits per heavy atom. The van der Waals surface area contributed by atoms with Gasteiger partial charge in [-0.1, -0.05) is 0 Å². The van der Waals surface area contributed by atoms with Gasteiger partial charge in [-0.25, -0.2) is 0 Å². The predicted octanol–water partition coefficient (Wildman–Crippen LogP) is 2.16. The van der Waals surface area contributed by atoms with Crippen LogP contribution in [0, 0.1) is 17.8 Å². The van der Waals surface area contributed by atoms with Gasteiger partial charge in [-0.05, 0) is 56.8 Å². The SMILES string of the molecule is CC(N)CC1CC(C2CC2)C1. The van der Waals surface area contributed by atoms with Crippen LogP contribution in [0.3, 0.4) is 0 Å². The lowest BCUT2D eigenvalue weighted by Gasteiger charge is -2.36. The molecule has 64 valence electrons. The van der Waals surface area contributed by atoms with Gasteiger partial charge in [0.05, 0.1) is 0 Å². The van der Waals surface area contributed by atoms with Gasteiger partial charge in [-0.3, -0.25) is 0 Å². The molecule has 0 aromatic rings. The van der Waals surface area contributed by atoms with Gasteiger partial charge in [0, 0.05) is 6.04 Å². The zero-order valence-corrected chi connectivity index (χ0v) is 7.42. The predicted molar refractivity (Wildman–Crippen MR) is 47.2 cm³/mol. The minimum Gasteiger partial charge on any atom is -0.328 e. The van der Waals surface area contributed by atoms with Gasteiger partial charge in [-0.15, -0.1) is 0 Å². The molecule has 0 radical (unpaired) electrons. The molecular weight excluding hydrogens is 134 g/mol. The lowest BCUT2D eigenvalue weighted by Crippen LogP contribution is -2.30. The van der Waals surface area contributed by atoms with E-state index in [1.807, 2.05) is 0 Å².